The third-order valence-electron chi connectivity index (χ3n) is 3.47. The summed E-state index contributed by atoms with van der Waals surface area (Å²) in [6, 6.07) is 1.90. The summed E-state index contributed by atoms with van der Waals surface area (Å²) in [5.74, 6) is 2.03. The summed E-state index contributed by atoms with van der Waals surface area (Å²) in [6.45, 7) is 5.32. The number of nitrogens with zero attached hydrogens (tertiary/aromatic N) is 2. The molecule has 0 spiro atoms. The molecule has 0 saturated heterocycles. The van der Waals surface area contributed by atoms with Crippen molar-refractivity contribution < 1.29 is 5.11 Å². The Morgan fingerprint density at radius 2 is 2.17 bits per heavy atom. The van der Waals surface area contributed by atoms with Gasteiger partial charge in [-0.25, -0.2) is 9.97 Å². The van der Waals surface area contributed by atoms with Crippen molar-refractivity contribution in [2.45, 2.75) is 39.0 Å². The van der Waals surface area contributed by atoms with E-state index in [4.69, 9.17) is 5.11 Å². The highest BCUT2D eigenvalue weighted by molar-refractivity contribution is 9.10. The monoisotopic (exact) mass is 313 g/mol. The maximum absolute atomic E-state index is 9.04. The number of anilines is 1. The van der Waals surface area contributed by atoms with Crippen LogP contribution in [0.25, 0.3) is 0 Å². The van der Waals surface area contributed by atoms with E-state index >= 15 is 0 Å². The van der Waals surface area contributed by atoms with Gasteiger partial charge in [-0.15, -0.1) is 0 Å². The fourth-order valence-electron chi connectivity index (χ4n) is 1.99. The number of hydrogen-bond acceptors (Lipinski definition) is 4. The molecule has 100 valence electrons. The van der Waals surface area contributed by atoms with Gasteiger partial charge < -0.3 is 10.4 Å². The molecular weight excluding hydrogens is 294 g/mol. The first-order chi connectivity index (χ1) is 8.54. The molecule has 5 heteroatoms. The Bertz CT molecular complexity index is 419. The van der Waals surface area contributed by atoms with Crippen molar-refractivity contribution in [2.24, 2.45) is 5.41 Å². The first-order valence-corrected chi connectivity index (χ1v) is 7.23. The van der Waals surface area contributed by atoms with Gasteiger partial charge in [0.15, 0.2) is 0 Å². The zero-order valence-corrected chi connectivity index (χ0v) is 12.5. The third kappa shape index (κ3) is 3.42. The highest BCUT2D eigenvalue weighted by atomic mass is 79.9. The zero-order valence-electron chi connectivity index (χ0n) is 10.9. The van der Waals surface area contributed by atoms with E-state index < -0.39 is 0 Å². The highest BCUT2D eigenvalue weighted by Gasteiger charge is 2.41. The van der Waals surface area contributed by atoms with Crippen LogP contribution in [0.2, 0.25) is 0 Å². The van der Waals surface area contributed by atoms with Crippen LogP contribution >= 0.6 is 15.9 Å². The van der Waals surface area contributed by atoms with E-state index in [0.717, 1.165) is 29.2 Å². The van der Waals surface area contributed by atoms with Gasteiger partial charge in [-0.3, -0.25) is 0 Å². The second kappa shape index (κ2) is 5.53. The highest BCUT2D eigenvalue weighted by Crippen LogP contribution is 2.48. The van der Waals surface area contributed by atoms with Crippen molar-refractivity contribution in [3.8, 4) is 0 Å². The molecule has 0 atom stereocenters. The van der Waals surface area contributed by atoms with E-state index in [9.17, 15) is 0 Å². The van der Waals surface area contributed by atoms with Gasteiger partial charge in [0.05, 0.1) is 0 Å². The number of rotatable bonds is 6. The Labute approximate surface area is 116 Å². The SMILES string of the molecule is CC(C)c1nc(Br)cc(NCC2(CCO)CC2)n1. The topological polar surface area (TPSA) is 58.0 Å². The summed E-state index contributed by atoms with van der Waals surface area (Å²) in [7, 11) is 0. The van der Waals surface area contributed by atoms with Gasteiger partial charge >= 0.3 is 0 Å². The van der Waals surface area contributed by atoms with Gasteiger partial charge in [0, 0.05) is 25.1 Å². The Balaban J connectivity index is 2.01. The van der Waals surface area contributed by atoms with E-state index in [-0.39, 0.29) is 6.61 Å². The molecule has 1 heterocycles. The molecule has 2 N–H and O–H groups in total. The van der Waals surface area contributed by atoms with Gasteiger partial charge in [0.25, 0.3) is 0 Å². The van der Waals surface area contributed by atoms with Crippen molar-refractivity contribution >= 4 is 21.7 Å². The molecule has 1 saturated carbocycles. The maximum Gasteiger partial charge on any atom is 0.134 e. The largest absolute Gasteiger partial charge is 0.396 e. The minimum atomic E-state index is 0.270. The minimum Gasteiger partial charge on any atom is -0.396 e. The summed E-state index contributed by atoms with van der Waals surface area (Å²) in [5, 5.41) is 12.4. The average molecular weight is 314 g/mol. The van der Waals surface area contributed by atoms with Crippen LogP contribution in [0.15, 0.2) is 10.7 Å². The van der Waals surface area contributed by atoms with Crippen LogP contribution in [-0.2, 0) is 0 Å². The zero-order chi connectivity index (χ0) is 13.2. The number of aromatic nitrogens is 2. The lowest BCUT2D eigenvalue weighted by molar-refractivity contribution is 0.253. The Hall–Kier alpha value is -0.680. The van der Waals surface area contributed by atoms with E-state index in [2.05, 4.69) is 45.1 Å². The van der Waals surface area contributed by atoms with Gasteiger partial charge in [-0.2, -0.15) is 0 Å². The molecule has 0 radical (unpaired) electrons. The minimum absolute atomic E-state index is 0.270. The number of hydrogen-bond donors (Lipinski definition) is 2. The molecule has 18 heavy (non-hydrogen) atoms. The number of aliphatic hydroxyl groups excluding tert-OH is 1. The van der Waals surface area contributed by atoms with Crippen LogP contribution in [0.1, 0.15) is 44.9 Å². The number of aliphatic hydroxyl groups is 1. The molecule has 1 fully saturated rings. The third-order valence-corrected chi connectivity index (χ3v) is 3.88. The van der Waals surface area contributed by atoms with Crippen molar-refractivity contribution in [2.75, 3.05) is 18.5 Å². The second-order valence-electron chi connectivity index (χ2n) is 5.42. The average Bonchev–Trinajstić information content (AvgIpc) is 3.07. The molecule has 0 amide bonds. The molecule has 2 rings (SSSR count). The summed E-state index contributed by atoms with van der Waals surface area (Å²) >= 11 is 3.42. The van der Waals surface area contributed by atoms with Gasteiger partial charge in [-0.1, -0.05) is 13.8 Å². The van der Waals surface area contributed by atoms with Crippen molar-refractivity contribution in [1.82, 2.24) is 9.97 Å². The van der Waals surface area contributed by atoms with E-state index in [0.29, 0.717) is 11.3 Å². The van der Waals surface area contributed by atoms with Crippen LogP contribution in [0.3, 0.4) is 0 Å². The van der Waals surface area contributed by atoms with Crippen LogP contribution in [0.5, 0.6) is 0 Å². The molecule has 0 unspecified atom stereocenters. The lowest BCUT2D eigenvalue weighted by Crippen LogP contribution is -2.18. The van der Waals surface area contributed by atoms with Crippen LogP contribution < -0.4 is 5.32 Å². The maximum atomic E-state index is 9.04. The normalized spacial score (nSPS) is 16.9. The van der Waals surface area contributed by atoms with Crippen LogP contribution in [0, 0.1) is 5.41 Å². The molecule has 1 aliphatic carbocycles. The Morgan fingerprint density at radius 3 is 2.72 bits per heavy atom. The molecular formula is C13H20BrN3O. The summed E-state index contributed by atoms with van der Waals surface area (Å²) in [4.78, 5) is 8.86. The van der Waals surface area contributed by atoms with Crippen molar-refractivity contribution in [1.29, 1.82) is 0 Å². The molecule has 1 aliphatic rings. The predicted molar refractivity (Wildman–Crippen MR) is 75.7 cm³/mol. The Morgan fingerprint density at radius 1 is 1.44 bits per heavy atom. The lowest BCUT2D eigenvalue weighted by Gasteiger charge is -2.16. The first kappa shape index (κ1) is 13.7. The number of nitrogens with one attached hydrogen (secondary N) is 1. The Kier molecular flexibility index (Phi) is 4.22. The first-order valence-electron chi connectivity index (χ1n) is 6.44. The standard InChI is InChI=1S/C13H20BrN3O/c1-9(2)12-16-10(14)7-11(17-12)15-8-13(3-4-13)5-6-18/h7,9,18H,3-6,8H2,1-2H3,(H,15,16,17). The summed E-state index contributed by atoms with van der Waals surface area (Å²) < 4.78 is 0.815. The van der Waals surface area contributed by atoms with Crippen molar-refractivity contribution in [3.63, 3.8) is 0 Å². The lowest BCUT2D eigenvalue weighted by atomic mass is 10.0. The smallest absolute Gasteiger partial charge is 0.134 e. The molecule has 0 aliphatic heterocycles. The predicted octanol–water partition coefficient (Wildman–Crippen LogP) is 2.94. The molecule has 0 bridgehead atoms. The van der Waals surface area contributed by atoms with Gasteiger partial charge in [-0.05, 0) is 40.6 Å². The molecule has 4 nitrogen and oxygen atoms in total. The van der Waals surface area contributed by atoms with Gasteiger partial charge in [0.2, 0.25) is 0 Å². The second-order valence-corrected chi connectivity index (χ2v) is 6.23. The van der Waals surface area contributed by atoms with Gasteiger partial charge in [0.1, 0.15) is 16.2 Å². The fourth-order valence-corrected chi connectivity index (χ4v) is 2.39. The number of halogens is 1. The van der Waals surface area contributed by atoms with Crippen LogP contribution in [-0.4, -0.2) is 28.2 Å². The molecule has 0 aromatic carbocycles. The fraction of sp³-hybridized carbons (Fsp3) is 0.692. The van der Waals surface area contributed by atoms with Crippen molar-refractivity contribution in [3.05, 3.63) is 16.5 Å². The van der Waals surface area contributed by atoms with E-state index in [1.54, 1.807) is 0 Å². The van der Waals surface area contributed by atoms with E-state index in [1.807, 2.05) is 6.07 Å². The summed E-state index contributed by atoms with van der Waals surface area (Å²) in [6.07, 6.45) is 3.27. The van der Waals surface area contributed by atoms with Crippen LogP contribution in [0.4, 0.5) is 5.82 Å². The summed E-state index contributed by atoms with van der Waals surface area (Å²) in [5.41, 5.74) is 0.296. The molecule has 1 aromatic rings. The quantitative estimate of drug-likeness (QED) is 0.793. The molecule has 1 aromatic heterocycles. The van der Waals surface area contributed by atoms with E-state index in [1.165, 1.54) is 12.8 Å².